The third-order valence-corrected chi connectivity index (χ3v) is 5.72. The number of carbonyl (C=O) groups excluding carboxylic acids is 2. The number of halogens is 1. The number of nitrogens with zero attached hydrogens (tertiary/aromatic N) is 1. The number of carbonyl (C=O) groups is 2. The summed E-state index contributed by atoms with van der Waals surface area (Å²) in [7, 11) is 0. The molecule has 4 atom stereocenters. The van der Waals surface area contributed by atoms with E-state index < -0.39 is 16.7 Å². The quantitative estimate of drug-likeness (QED) is 0.486. The minimum absolute atomic E-state index is 0.0302. The summed E-state index contributed by atoms with van der Waals surface area (Å²) in [4.78, 5) is 34.4. The first kappa shape index (κ1) is 17.7. The van der Waals surface area contributed by atoms with Gasteiger partial charge in [-0.3, -0.25) is 19.7 Å². The van der Waals surface area contributed by atoms with Crippen LogP contribution in [0, 0.1) is 27.9 Å². The van der Waals surface area contributed by atoms with Gasteiger partial charge in [-0.1, -0.05) is 18.0 Å². The number of fused-ring (bicyclic) bond motifs is 2. The number of hydrogen-bond acceptors (Lipinski definition) is 4. The predicted octanol–water partition coefficient (Wildman–Crippen LogP) is 3.13. The van der Waals surface area contributed by atoms with Gasteiger partial charge in [-0.2, -0.15) is 0 Å². The molecule has 2 saturated carbocycles. The monoisotopic (exact) mass is 365 g/mol. The fraction of sp³-hybridized carbons (Fsp3) is 0.529. The van der Waals surface area contributed by atoms with E-state index in [1.54, 1.807) is 0 Å². The molecular formula is C17H20ClN3O4. The van der Waals surface area contributed by atoms with Gasteiger partial charge in [0.15, 0.2) is 0 Å². The molecule has 4 unspecified atom stereocenters. The summed E-state index contributed by atoms with van der Waals surface area (Å²) >= 11 is 5.73. The van der Waals surface area contributed by atoms with Crippen LogP contribution in [0.25, 0.3) is 0 Å². The van der Waals surface area contributed by atoms with E-state index in [0.717, 1.165) is 18.4 Å². The molecule has 8 heteroatoms. The average Bonchev–Trinajstić information content (AvgIpc) is 3.19. The SMILES string of the molecule is CC(NC(=O)C(=O)Nc1ccc(Cl)c([N+](=O)[O-])c1)C1CC2CCC1C2. The van der Waals surface area contributed by atoms with Gasteiger partial charge in [0, 0.05) is 17.8 Å². The Bertz CT molecular complexity index is 724. The maximum absolute atomic E-state index is 12.1. The van der Waals surface area contributed by atoms with Gasteiger partial charge < -0.3 is 10.6 Å². The van der Waals surface area contributed by atoms with Crippen LogP contribution in [0.2, 0.25) is 5.02 Å². The maximum atomic E-state index is 12.1. The van der Waals surface area contributed by atoms with E-state index in [1.165, 1.54) is 31.4 Å². The van der Waals surface area contributed by atoms with Crippen molar-refractivity contribution in [1.29, 1.82) is 0 Å². The zero-order valence-electron chi connectivity index (χ0n) is 13.8. The van der Waals surface area contributed by atoms with Crippen molar-refractivity contribution >= 4 is 34.8 Å². The standard InChI is InChI=1S/C17H20ClN3O4/c1-9(13-7-10-2-3-11(13)6-10)19-16(22)17(23)20-12-4-5-14(18)15(8-12)21(24)25/h4-5,8-11,13H,2-3,6-7H2,1H3,(H,19,22)(H,20,23). The van der Waals surface area contributed by atoms with E-state index in [9.17, 15) is 19.7 Å². The van der Waals surface area contributed by atoms with E-state index in [-0.39, 0.29) is 22.4 Å². The molecule has 0 saturated heterocycles. The molecule has 0 spiro atoms. The summed E-state index contributed by atoms with van der Waals surface area (Å²) in [6.07, 6.45) is 4.82. The van der Waals surface area contributed by atoms with Crippen LogP contribution in [-0.4, -0.2) is 22.8 Å². The van der Waals surface area contributed by atoms with Gasteiger partial charge in [-0.05, 0) is 56.1 Å². The minimum Gasteiger partial charge on any atom is -0.345 e. The topological polar surface area (TPSA) is 101 Å². The van der Waals surface area contributed by atoms with Crippen LogP contribution < -0.4 is 10.6 Å². The molecule has 2 amide bonds. The van der Waals surface area contributed by atoms with Crippen LogP contribution in [0.1, 0.15) is 32.6 Å². The molecule has 2 bridgehead atoms. The minimum atomic E-state index is -0.841. The lowest BCUT2D eigenvalue weighted by Crippen LogP contribution is -2.45. The van der Waals surface area contributed by atoms with Crippen molar-refractivity contribution in [1.82, 2.24) is 5.32 Å². The highest BCUT2D eigenvalue weighted by Crippen LogP contribution is 2.49. The molecule has 2 aliphatic rings. The van der Waals surface area contributed by atoms with Gasteiger partial charge in [0.1, 0.15) is 5.02 Å². The molecule has 0 aromatic heterocycles. The third-order valence-electron chi connectivity index (χ3n) is 5.40. The van der Waals surface area contributed by atoms with Crippen molar-refractivity contribution in [3.8, 4) is 0 Å². The Balaban J connectivity index is 1.58. The molecule has 1 aromatic carbocycles. The highest BCUT2D eigenvalue weighted by molar-refractivity contribution is 6.39. The van der Waals surface area contributed by atoms with Gasteiger partial charge in [-0.25, -0.2) is 0 Å². The molecule has 3 rings (SSSR count). The number of nitro groups is 1. The Labute approximate surface area is 150 Å². The van der Waals surface area contributed by atoms with Crippen LogP contribution in [0.5, 0.6) is 0 Å². The second kappa shape index (κ2) is 7.00. The van der Waals surface area contributed by atoms with Crippen molar-refractivity contribution in [2.45, 2.75) is 38.6 Å². The van der Waals surface area contributed by atoms with Crippen molar-refractivity contribution in [3.05, 3.63) is 33.3 Å². The fourth-order valence-corrected chi connectivity index (χ4v) is 4.39. The number of anilines is 1. The van der Waals surface area contributed by atoms with E-state index >= 15 is 0 Å². The van der Waals surface area contributed by atoms with E-state index in [4.69, 9.17) is 11.6 Å². The Kier molecular flexibility index (Phi) is 4.94. The summed E-state index contributed by atoms with van der Waals surface area (Å²) in [5, 5.41) is 16.0. The van der Waals surface area contributed by atoms with E-state index in [2.05, 4.69) is 10.6 Å². The second-order valence-corrected chi connectivity index (χ2v) is 7.39. The first-order valence-electron chi connectivity index (χ1n) is 8.41. The van der Waals surface area contributed by atoms with Crippen LogP contribution in [0.4, 0.5) is 11.4 Å². The molecule has 1 aromatic rings. The molecule has 0 radical (unpaired) electrons. The van der Waals surface area contributed by atoms with Gasteiger partial charge in [0.25, 0.3) is 5.69 Å². The average molecular weight is 366 g/mol. The molecule has 134 valence electrons. The summed E-state index contributed by atoms with van der Waals surface area (Å²) in [5.74, 6) is 0.256. The third kappa shape index (κ3) is 3.76. The lowest BCUT2D eigenvalue weighted by Gasteiger charge is -2.28. The van der Waals surface area contributed by atoms with Crippen LogP contribution in [0.3, 0.4) is 0 Å². The van der Waals surface area contributed by atoms with Crippen molar-refractivity contribution in [2.24, 2.45) is 17.8 Å². The highest BCUT2D eigenvalue weighted by atomic mass is 35.5. The summed E-state index contributed by atoms with van der Waals surface area (Å²) in [6.45, 7) is 1.93. The van der Waals surface area contributed by atoms with Crippen molar-refractivity contribution < 1.29 is 14.5 Å². The largest absolute Gasteiger partial charge is 0.345 e. The predicted molar refractivity (Wildman–Crippen MR) is 93.3 cm³/mol. The smallest absolute Gasteiger partial charge is 0.313 e. The normalized spacial score (nSPS) is 25.4. The molecule has 7 nitrogen and oxygen atoms in total. The molecule has 2 N–H and O–H groups in total. The van der Waals surface area contributed by atoms with Gasteiger partial charge in [0.05, 0.1) is 4.92 Å². The number of rotatable bonds is 4. The molecule has 2 aliphatic carbocycles. The highest BCUT2D eigenvalue weighted by Gasteiger charge is 2.42. The van der Waals surface area contributed by atoms with Crippen LogP contribution in [-0.2, 0) is 9.59 Å². The lowest BCUT2D eigenvalue weighted by molar-refractivity contribution is -0.384. The zero-order chi connectivity index (χ0) is 18.1. The number of amides is 2. The number of benzene rings is 1. The van der Waals surface area contributed by atoms with Crippen molar-refractivity contribution in [3.63, 3.8) is 0 Å². The first-order chi connectivity index (χ1) is 11.8. The fourth-order valence-electron chi connectivity index (χ4n) is 4.20. The Morgan fingerprint density at radius 3 is 2.64 bits per heavy atom. The van der Waals surface area contributed by atoms with E-state index in [1.807, 2.05) is 6.92 Å². The van der Waals surface area contributed by atoms with E-state index in [0.29, 0.717) is 11.8 Å². The molecule has 2 fully saturated rings. The number of nitrogens with one attached hydrogen (secondary N) is 2. The van der Waals surface area contributed by atoms with Crippen LogP contribution in [0.15, 0.2) is 18.2 Å². The Morgan fingerprint density at radius 1 is 1.28 bits per heavy atom. The van der Waals surface area contributed by atoms with Gasteiger partial charge in [-0.15, -0.1) is 0 Å². The number of hydrogen-bond donors (Lipinski definition) is 2. The Morgan fingerprint density at radius 2 is 2.04 bits per heavy atom. The second-order valence-electron chi connectivity index (χ2n) is 6.98. The molecular weight excluding hydrogens is 346 g/mol. The van der Waals surface area contributed by atoms with Gasteiger partial charge in [0.2, 0.25) is 0 Å². The van der Waals surface area contributed by atoms with Crippen LogP contribution >= 0.6 is 11.6 Å². The zero-order valence-corrected chi connectivity index (χ0v) is 14.6. The van der Waals surface area contributed by atoms with Crippen molar-refractivity contribution in [2.75, 3.05) is 5.32 Å². The van der Waals surface area contributed by atoms with Gasteiger partial charge >= 0.3 is 11.8 Å². The maximum Gasteiger partial charge on any atom is 0.313 e. The summed E-state index contributed by atoms with van der Waals surface area (Å²) < 4.78 is 0. The Hall–Kier alpha value is -2.15. The molecule has 25 heavy (non-hydrogen) atoms. The summed E-state index contributed by atoms with van der Waals surface area (Å²) in [5.41, 5.74) is -0.168. The number of nitro benzene ring substituents is 1. The molecule has 0 aliphatic heterocycles. The first-order valence-corrected chi connectivity index (χ1v) is 8.78. The molecule has 0 heterocycles. The lowest BCUT2D eigenvalue weighted by atomic mass is 9.84. The summed E-state index contributed by atoms with van der Waals surface area (Å²) in [6, 6.07) is 3.80.